The maximum Gasteiger partial charge on any atom is 0.0854 e. The van der Waals surface area contributed by atoms with Crippen LogP contribution in [0.15, 0.2) is 30.3 Å². The smallest absolute Gasteiger partial charge is 0.0854 e. The van der Waals surface area contributed by atoms with Crippen LogP contribution in [0.25, 0.3) is 16.6 Å². The fourth-order valence-electron chi connectivity index (χ4n) is 4.48. The molecule has 5 rings (SSSR count). The molecule has 1 aromatic carbocycles. The normalized spacial score (nSPS) is 22.8. The molecule has 1 aromatic heterocycles. The minimum absolute atomic E-state index is 0. The molecule has 0 saturated carbocycles. The van der Waals surface area contributed by atoms with Crippen LogP contribution >= 0.6 is 0 Å². The summed E-state index contributed by atoms with van der Waals surface area (Å²) < 4.78 is 2.21. The zero-order chi connectivity index (χ0) is 14.0. The summed E-state index contributed by atoms with van der Waals surface area (Å²) in [4.78, 5) is 14.2. The van der Waals surface area contributed by atoms with E-state index in [1.54, 1.807) is 0 Å². The van der Waals surface area contributed by atoms with Crippen molar-refractivity contribution in [3.8, 4) is 0 Å². The number of carbonyl (C=O) groups excluding carboxylic acids is 1. The average molecular weight is 366 g/mol. The quantitative estimate of drug-likeness (QED) is 0.573. The molecule has 0 amide bonds. The maximum absolute atomic E-state index is 11.6. The topological polar surface area (TPSA) is 25.2 Å². The number of piperidine rings is 1. The van der Waals surface area contributed by atoms with Gasteiger partial charge in [0.25, 0.3) is 0 Å². The number of carbonyl (C=O) groups is 1. The molecule has 109 valence electrons. The molecule has 1 atom stereocenters. The van der Waals surface area contributed by atoms with E-state index in [0.717, 1.165) is 31.4 Å². The van der Waals surface area contributed by atoms with Crippen LogP contribution < -0.4 is 0 Å². The number of hydrogen-bond donors (Lipinski definition) is 0. The fraction of sp³-hybridized carbons (Fsp3) is 0.333. The summed E-state index contributed by atoms with van der Waals surface area (Å²) in [5.74, 6) is 1.43. The minimum atomic E-state index is 0. The number of fused-ring (bicyclic) bond motifs is 3. The molecule has 0 unspecified atom stereocenters. The molecule has 3 aliphatic rings. The van der Waals surface area contributed by atoms with Gasteiger partial charge in [0.1, 0.15) is 0 Å². The number of aromatic nitrogens is 1. The standard InChI is InChI=1S/C18H17N2O.Y/c21-11-13-10-12-4-3-8-19-9-7-15-14-5-1-2-6-16(14)20(13)18(15)17(12)19;/h1-2,5-6,10-11,17H,3-4,7-9H2;/q-1;/t17-;/m0./s1. The average Bonchev–Trinajstić information content (AvgIpc) is 2.88. The Kier molecular flexibility index (Phi) is 3.56. The Morgan fingerprint density at radius 2 is 2.09 bits per heavy atom. The summed E-state index contributed by atoms with van der Waals surface area (Å²) in [6, 6.07) is 8.92. The van der Waals surface area contributed by atoms with Gasteiger partial charge in [-0.05, 0) is 24.6 Å². The summed E-state index contributed by atoms with van der Waals surface area (Å²) in [7, 11) is 0. The molecule has 4 heterocycles. The number of hydrogen-bond acceptors (Lipinski definition) is 2. The molecule has 3 nitrogen and oxygen atoms in total. The van der Waals surface area contributed by atoms with Gasteiger partial charge in [0, 0.05) is 61.9 Å². The van der Waals surface area contributed by atoms with Gasteiger partial charge in [-0.15, -0.1) is 0 Å². The maximum atomic E-state index is 11.6. The largest absolute Gasteiger partial charge is 0.391 e. The van der Waals surface area contributed by atoms with Crippen molar-refractivity contribution in [1.29, 1.82) is 0 Å². The van der Waals surface area contributed by atoms with Crippen LogP contribution in [0.3, 0.4) is 0 Å². The number of aldehydes is 1. The van der Waals surface area contributed by atoms with Crippen molar-refractivity contribution in [3.63, 3.8) is 0 Å². The molecule has 4 heteroatoms. The monoisotopic (exact) mass is 366 g/mol. The van der Waals surface area contributed by atoms with Crippen LogP contribution in [0.1, 0.15) is 30.1 Å². The van der Waals surface area contributed by atoms with Crippen molar-refractivity contribution < 1.29 is 37.5 Å². The van der Waals surface area contributed by atoms with Gasteiger partial charge in [-0.3, -0.25) is 0 Å². The van der Waals surface area contributed by atoms with Crippen molar-refractivity contribution in [2.45, 2.75) is 25.3 Å². The summed E-state index contributed by atoms with van der Waals surface area (Å²) >= 11 is 0. The van der Waals surface area contributed by atoms with Crippen LogP contribution in [-0.2, 0) is 43.9 Å². The second-order valence-corrected chi connectivity index (χ2v) is 6.27. The second-order valence-electron chi connectivity index (χ2n) is 6.27. The summed E-state index contributed by atoms with van der Waals surface area (Å²) in [5.41, 5.74) is 4.82. The Balaban J connectivity index is 0.00000125. The molecule has 0 aliphatic carbocycles. The third kappa shape index (κ3) is 1.79. The van der Waals surface area contributed by atoms with E-state index in [-0.39, 0.29) is 32.7 Å². The van der Waals surface area contributed by atoms with E-state index < -0.39 is 0 Å². The van der Waals surface area contributed by atoms with Gasteiger partial charge >= 0.3 is 0 Å². The molecular formula is C18H17N2OY-. The first-order valence-corrected chi connectivity index (χ1v) is 7.78. The summed E-state index contributed by atoms with van der Waals surface area (Å²) in [6.45, 7) is 2.32. The van der Waals surface area contributed by atoms with Gasteiger partial charge in [-0.1, -0.05) is 36.7 Å². The van der Waals surface area contributed by atoms with E-state index in [9.17, 15) is 4.79 Å². The Bertz CT molecular complexity index is 792. The Labute approximate surface area is 155 Å². The molecule has 3 aliphatic heterocycles. The van der Waals surface area contributed by atoms with Gasteiger partial charge in [-0.25, -0.2) is 0 Å². The van der Waals surface area contributed by atoms with Gasteiger partial charge in [0.15, 0.2) is 0 Å². The molecule has 1 fully saturated rings. The SMILES string of the molecule is O=CC1=C[C-]2CCCN3CCc4c(n1c1ccccc41)[C@H]23.[Y]. The third-order valence-corrected chi connectivity index (χ3v) is 5.27. The predicted molar refractivity (Wildman–Crippen MR) is 82.8 cm³/mol. The molecule has 1 saturated heterocycles. The van der Waals surface area contributed by atoms with Crippen molar-refractivity contribution in [3.05, 3.63) is 47.5 Å². The molecule has 2 aromatic rings. The van der Waals surface area contributed by atoms with Gasteiger partial charge in [0.2, 0.25) is 0 Å². The molecule has 1 radical (unpaired) electrons. The predicted octanol–water partition coefficient (Wildman–Crippen LogP) is 2.96. The number of allylic oxidation sites excluding steroid dienone is 1. The Morgan fingerprint density at radius 1 is 1.23 bits per heavy atom. The van der Waals surface area contributed by atoms with Crippen LogP contribution in [0.4, 0.5) is 0 Å². The van der Waals surface area contributed by atoms with Gasteiger partial charge < -0.3 is 14.3 Å². The van der Waals surface area contributed by atoms with E-state index in [2.05, 4.69) is 39.8 Å². The first-order chi connectivity index (χ1) is 10.4. The molecular weight excluding hydrogens is 349 g/mol. The number of nitrogens with zero attached hydrogens (tertiary/aromatic N) is 2. The first-order valence-electron chi connectivity index (χ1n) is 7.78. The van der Waals surface area contributed by atoms with Crippen molar-refractivity contribution in [2.75, 3.05) is 13.1 Å². The zero-order valence-corrected chi connectivity index (χ0v) is 15.3. The number of rotatable bonds is 1. The fourth-order valence-corrected chi connectivity index (χ4v) is 4.48. The first kappa shape index (κ1) is 14.7. The summed E-state index contributed by atoms with van der Waals surface area (Å²) in [5, 5.41) is 1.33. The van der Waals surface area contributed by atoms with E-state index in [4.69, 9.17) is 0 Å². The van der Waals surface area contributed by atoms with Crippen LogP contribution in [-0.4, -0.2) is 28.8 Å². The Morgan fingerprint density at radius 3 is 2.95 bits per heavy atom. The molecule has 0 spiro atoms. The van der Waals surface area contributed by atoms with E-state index >= 15 is 0 Å². The van der Waals surface area contributed by atoms with Crippen molar-refractivity contribution in [2.24, 2.45) is 0 Å². The Hall–Kier alpha value is -0.896. The van der Waals surface area contributed by atoms with E-state index in [1.165, 1.54) is 41.0 Å². The van der Waals surface area contributed by atoms with E-state index in [1.807, 2.05) is 0 Å². The van der Waals surface area contributed by atoms with Crippen LogP contribution in [0, 0.1) is 5.92 Å². The molecule has 22 heavy (non-hydrogen) atoms. The zero-order valence-electron chi connectivity index (χ0n) is 12.5. The van der Waals surface area contributed by atoms with Crippen LogP contribution in [0.2, 0.25) is 0 Å². The number of benzene rings is 1. The van der Waals surface area contributed by atoms with Crippen molar-refractivity contribution >= 4 is 22.9 Å². The van der Waals surface area contributed by atoms with Gasteiger partial charge in [0.05, 0.1) is 6.29 Å². The molecule has 0 bridgehead atoms. The molecule has 0 N–H and O–H groups in total. The third-order valence-electron chi connectivity index (χ3n) is 5.27. The second kappa shape index (κ2) is 5.33. The minimum Gasteiger partial charge on any atom is -0.391 e. The number of para-hydroxylation sites is 1. The van der Waals surface area contributed by atoms with Crippen LogP contribution in [0.5, 0.6) is 0 Å². The van der Waals surface area contributed by atoms with E-state index in [0.29, 0.717) is 6.04 Å². The van der Waals surface area contributed by atoms with Gasteiger partial charge in [-0.2, -0.15) is 12.0 Å². The summed E-state index contributed by atoms with van der Waals surface area (Å²) in [6.07, 6.45) is 6.59. The van der Waals surface area contributed by atoms with Crippen molar-refractivity contribution in [1.82, 2.24) is 9.47 Å².